The van der Waals surface area contributed by atoms with Gasteiger partial charge >= 0.3 is 17.4 Å². The van der Waals surface area contributed by atoms with Gasteiger partial charge in [-0.25, -0.2) is 0 Å². The van der Waals surface area contributed by atoms with E-state index >= 15 is 0 Å². The second kappa shape index (κ2) is 6.89. The number of rotatable bonds is 4. The molecule has 0 aromatic heterocycles. The molecule has 0 aliphatic heterocycles. The fourth-order valence-corrected chi connectivity index (χ4v) is 4.41. The van der Waals surface area contributed by atoms with Gasteiger partial charge in [-0.3, -0.25) is 0 Å². The Morgan fingerprint density at radius 1 is 1.00 bits per heavy atom. The van der Waals surface area contributed by atoms with Gasteiger partial charge in [-0.15, -0.1) is 0 Å². The van der Waals surface area contributed by atoms with Crippen LogP contribution in [-0.4, -0.2) is 17.4 Å². The summed E-state index contributed by atoms with van der Waals surface area (Å²) in [4.78, 5) is -0.364. The lowest BCUT2D eigenvalue weighted by Crippen LogP contribution is -2.50. The van der Waals surface area contributed by atoms with Gasteiger partial charge in [0.15, 0.2) is 0 Å². The first-order chi connectivity index (χ1) is 11.7. The zero-order valence-electron chi connectivity index (χ0n) is 13.5. The lowest BCUT2D eigenvalue weighted by molar-refractivity contribution is -0.330. The maximum Gasteiger partial charge on any atom is 0.460 e. The number of hydrogen-bond donors (Lipinski definition) is 0. The van der Waals surface area contributed by atoms with Gasteiger partial charge in [0.2, 0.25) is 0 Å². The number of hydrogen-bond acceptors (Lipinski definition) is 1. The van der Waals surface area contributed by atoms with E-state index in [0.717, 1.165) is 6.08 Å². The minimum absolute atomic E-state index is 0.364. The third-order valence-electron chi connectivity index (χ3n) is 3.76. The van der Waals surface area contributed by atoms with E-state index in [9.17, 15) is 30.7 Å². The van der Waals surface area contributed by atoms with Crippen LogP contribution in [0.5, 0.6) is 0 Å². The second-order valence-electron chi connectivity index (χ2n) is 6.03. The second-order valence-corrected chi connectivity index (χ2v) is 8.08. The van der Waals surface area contributed by atoms with Crippen LogP contribution in [-0.2, 0) is 5.41 Å². The minimum atomic E-state index is -6.35. The molecule has 1 unspecified atom stereocenters. The Hall–Kier alpha value is -0.960. The molecular formula is C17H13BrF7S. The first-order valence-electron chi connectivity index (χ1n) is 7.23. The number of allylic oxidation sites excluding steroid dienone is 3. The first kappa shape index (κ1) is 21.3. The summed E-state index contributed by atoms with van der Waals surface area (Å²) in [6.07, 6.45) is -2.22. The molecule has 0 fully saturated rings. The number of halogens is 8. The van der Waals surface area contributed by atoms with Crippen molar-refractivity contribution in [3.05, 3.63) is 63.4 Å². The third-order valence-corrected chi connectivity index (χ3v) is 5.44. The molecule has 0 amide bonds. The summed E-state index contributed by atoms with van der Waals surface area (Å²) in [6, 6.07) is 6.87. The summed E-state index contributed by atoms with van der Waals surface area (Å²) in [7, 11) is 0. The van der Waals surface area contributed by atoms with Crippen molar-refractivity contribution < 1.29 is 30.7 Å². The number of benzene rings is 1. The third kappa shape index (κ3) is 3.98. The van der Waals surface area contributed by atoms with Crippen molar-refractivity contribution >= 4 is 27.7 Å². The summed E-state index contributed by atoms with van der Waals surface area (Å²) in [6.45, 7) is 3.22. The van der Waals surface area contributed by atoms with Crippen LogP contribution in [0.15, 0.2) is 51.4 Å². The van der Waals surface area contributed by atoms with Crippen molar-refractivity contribution in [3.63, 3.8) is 0 Å². The summed E-state index contributed by atoms with van der Waals surface area (Å²) >= 11 is 2.54. The Morgan fingerprint density at radius 2 is 1.58 bits per heavy atom. The molecule has 1 atom stereocenters. The lowest BCUT2D eigenvalue weighted by Gasteiger charge is -2.33. The Kier molecular flexibility index (Phi) is 5.65. The Morgan fingerprint density at radius 3 is 2.12 bits per heavy atom. The SMILES string of the molecule is CC1=CC(SC(F)(F)C(F)(F)C(F)(F)F)=CC(C)(c2ccccc2Br)[CH]1. The zero-order chi connectivity index (χ0) is 20.0. The van der Waals surface area contributed by atoms with E-state index in [1.165, 1.54) is 6.08 Å². The highest BCUT2D eigenvalue weighted by Crippen LogP contribution is 2.55. The van der Waals surface area contributed by atoms with Crippen molar-refractivity contribution in [3.8, 4) is 0 Å². The Bertz CT molecular complexity index is 752. The van der Waals surface area contributed by atoms with Gasteiger partial charge in [0.05, 0.1) is 0 Å². The summed E-state index contributed by atoms with van der Waals surface area (Å²) in [5, 5.41) is -5.35. The van der Waals surface area contributed by atoms with Crippen LogP contribution in [0.25, 0.3) is 0 Å². The summed E-state index contributed by atoms with van der Waals surface area (Å²) < 4.78 is 91.5. The molecule has 0 saturated carbocycles. The topological polar surface area (TPSA) is 0 Å². The van der Waals surface area contributed by atoms with Crippen LogP contribution >= 0.6 is 27.7 Å². The van der Waals surface area contributed by atoms with Crippen LogP contribution < -0.4 is 0 Å². The van der Waals surface area contributed by atoms with Crippen molar-refractivity contribution in [1.29, 1.82) is 0 Å². The van der Waals surface area contributed by atoms with Gasteiger partial charge in [0.1, 0.15) is 0 Å². The van der Waals surface area contributed by atoms with Gasteiger partial charge < -0.3 is 0 Å². The highest BCUT2D eigenvalue weighted by Gasteiger charge is 2.73. The Balaban J connectivity index is 2.43. The molecule has 1 radical (unpaired) electrons. The molecule has 143 valence electrons. The van der Waals surface area contributed by atoms with Crippen LogP contribution in [0.1, 0.15) is 19.4 Å². The van der Waals surface area contributed by atoms with E-state index in [2.05, 4.69) is 15.9 Å². The molecule has 1 aromatic rings. The maximum absolute atomic E-state index is 13.7. The van der Waals surface area contributed by atoms with E-state index in [-0.39, 0.29) is 4.91 Å². The molecule has 0 saturated heterocycles. The molecule has 26 heavy (non-hydrogen) atoms. The van der Waals surface area contributed by atoms with Gasteiger partial charge in [0, 0.05) is 21.2 Å². The first-order valence-corrected chi connectivity index (χ1v) is 8.84. The predicted octanol–water partition coefficient (Wildman–Crippen LogP) is 7.28. The summed E-state index contributed by atoms with van der Waals surface area (Å²) in [5.74, 6) is -6.15. The van der Waals surface area contributed by atoms with E-state index in [0.29, 0.717) is 15.6 Å². The highest BCUT2D eigenvalue weighted by atomic mass is 79.9. The molecule has 1 aliphatic rings. The molecule has 9 heteroatoms. The highest BCUT2D eigenvalue weighted by molar-refractivity contribution is 9.10. The van der Waals surface area contributed by atoms with Crippen LogP contribution in [0, 0.1) is 6.42 Å². The zero-order valence-corrected chi connectivity index (χ0v) is 15.9. The number of thioether (sulfide) groups is 1. The fourth-order valence-electron chi connectivity index (χ4n) is 2.61. The van der Waals surface area contributed by atoms with Crippen molar-refractivity contribution in [2.75, 3.05) is 0 Å². The van der Waals surface area contributed by atoms with Crippen LogP contribution in [0.3, 0.4) is 0 Å². The predicted molar refractivity (Wildman–Crippen MR) is 91.2 cm³/mol. The average molecular weight is 462 g/mol. The van der Waals surface area contributed by atoms with E-state index in [1.54, 1.807) is 44.5 Å². The molecule has 0 nitrogen and oxygen atoms in total. The van der Waals surface area contributed by atoms with E-state index in [1.807, 2.05) is 0 Å². The van der Waals surface area contributed by atoms with Crippen LogP contribution in [0.4, 0.5) is 30.7 Å². The molecule has 2 rings (SSSR count). The number of alkyl halides is 7. The van der Waals surface area contributed by atoms with Crippen molar-refractivity contribution in [2.45, 2.75) is 36.6 Å². The van der Waals surface area contributed by atoms with Gasteiger partial charge in [-0.2, -0.15) is 30.7 Å². The molecule has 1 aliphatic carbocycles. The van der Waals surface area contributed by atoms with E-state index in [4.69, 9.17) is 0 Å². The smallest absolute Gasteiger partial charge is 0.188 e. The molecule has 0 spiro atoms. The molecule has 0 heterocycles. The molecular weight excluding hydrogens is 449 g/mol. The van der Waals surface area contributed by atoms with Gasteiger partial charge in [-0.05, 0) is 36.4 Å². The van der Waals surface area contributed by atoms with Gasteiger partial charge in [-0.1, -0.05) is 52.7 Å². The van der Waals surface area contributed by atoms with E-state index < -0.39 is 34.5 Å². The lowest BCUT2D eigenvalue weighted by atomic mass is 9.75. The quantitative estimate of drug-likeness (QED) is 0.424. The van der Waals surface area contributed by atoms with Crippen molar-refractivity contribution in [2.24, 2.45) is 0 Å². The largest absolute Gasteiger partial charge is 0.460 e. The average Bonchev–Trinajstić information content (AvgIpc) is 2.44. The maximum atomic E-state index is 13.7. The monoisotopic (exact) mass is 461 g/mol. The minimum Gasteiger partial charge on any atom is -0.188 e. The van der Waals surface area contributed by atoms with Gasteiger partial charge in [0.25, 0.3) is 0 Å². The van der Waals surface area contributed by atoms with Crippen LogP contribution in [0.2, 0.25) is 0 Å². The molecule has 1 aromatic carbocycles. The summed E-state index contributed by atoms with van der Waals surface area (Å²) in [5.41, 5.74) is 0.182. The molecule has 0 bridgehead atoms. The normalized spacial score (nSPS) is 22.1. The Labute approximate surface area is 158 Å². The molecule has 0 N–H and O–H groups in total. The fraction of sp³-hybridized carbons (Fsp3) is 0.353. The van der Waals surface area contributed by atoms with Crippen molar-refractivity contribution in [1.82, 2.24) is 0 Å². The standard InChI is InChI=1S/C17H13BrF7S/c1-10-7-11(26-17(24,25)15(19,20)16(21,22)23)9-14(2,8-10)12-5-3-4-6-13(12)18/h3-9H,1-2H3.